The molecule has 1 heterocycles. The van der Waals surface area contributed by atoms with E-state index >= 15 is 0 Å². The Bertz CT molecular complexity index is 394. The van der Waals surface area contributed by atoms with E-state index in [1.54, 1.807) is 5.56 Å². The maximum absolute atomic E-state index is 3.79. The predicted octanol–water partition coefficient (Wildman–Crippen LogP) is 4.26. The van der Waals surface area contributed by atoms with Crippen LogP contribution in [0.5, 0.6) is 0 Å². The van der Waals surface area contributed by atoms with Gasteiger partial charge in [0.2, 0.25) is 0 Å². The van der Waals surface area contributed by atoms with Gasteiger partial charge in [0.15, 0.2) is 0 Å². The van der Waals surface area contributed by atoms with Crippen LogP contribution < -0.4 is 5.32 Å². The first-order valence-corrected chi connectivity index (χ1v) is 6.66. The quantitative estimate of drug-likeness (QED) is 0.738. The average molecular weight is 215 g/mol. The summed E-state index contributed by atoms with van der Waals surface area (Å²) in [5, 5.41) is 3.79. The molecule has 1 aromatic rings. The summed E-state index contributed by atoms with van der Waals surface area (Å²) >= 11 is 0. The lowest BCUT2D eigenvalue weighted by Crippen LogP contribution is -2.23. The van der Waals surface area contributed by atoms with Gasteiger partial charge in [-0.15, -0.1) is 0 Å². The van der Waals surface area contributed by atoms with Crippen LogP contribution in [0.1, 0.15) is 62.5 Å². The second-order valence-corrected chi connectivity index (χ2v) is 5.61. The Morgan fingerprint density at radius 2 is 2.00 bits per heavy atom. The Morgan fingerprint density at radius 3 is 2.81 bits per heavy atom. The van der Waals surface area contributed by atoms with E-state index in [2.05, 4.69) is 37.4 Å². The first-order chi connectivity index (χ1) is 7.77. The normalized spacial score (nSPS) is 27.4. The van der Waals surface area contributed by atoms with Gasteiger partial charge in [-0.25, -0.2) is 0 Å². The predicted molar refractivity (Wildman–Crippen MR) is 69.2 cm³/mol. The van der Waals surface area contributed by atoms with E-state index in [1.807, 2.05) is 0 Å². The Labute approximate surface area is 98.3 Å². The van der Waals surface area contributed by atoms with Crippen molar-refractivity contribution in [1.82, 2.24) is 0 Å². The first kappa shape index (κ1) is 10.2. The standard InChI is InChI=1S/C15H21N/c1-10(2)11-7-5-8-13-12-6-3-4-9-14(12)16-15(11)13/h5,7-8,10,12,14,16H,3-4,6,9H2,1-2H3. The number of benzene rings is 1. The molecule has 2 atom stereocenters. The molecule has 1 aliphatic heterocycles. The van der Waals surface area contributed by atoms with Gasteiger partial charge in [-0.2, -0.15) is 0 Å². The molecular formula is C15H21N. The third kappa shape index (κ3) is 1.45. The van der Waals surface area contributed by atoms with Gasteiger partial charge in [0, 0.05) is 17.6 Å². The van der Waals surface area contributed by atoms with Crippen molar-refractivity contribution in [3.05, 3.63) is 29.3 Å². The zero-order valence-corrected chi connectivity index (χ0v) is 10.3. The highest BCUT2D eigenvalue weighted by atomic mass is 15.0. The second kappa shape index (κ2) is 3.80. The first-order valence-electron chi connectivity index (χ1n) is 6.66. The van der Waals surface area contributed by atoms with Gasteiger partial charge in [0.05, 0.1) is 0 Å². The molecule has 2 aliphatic rings. The van der Waals surface area contributed by atoms with Crippen molar-refractivity contribution in [2.45, 2.75) is 57.4 Å². The highest BCUT2D eigenvalue weighted by Gasteiger charge is 2.34. The maximum atomic E-state index is 3.79. The molecule has 0 radical (unpaired) electrons. The van der Waals surface area contributed by atoms with E-state index < -0.39 is 0 Å². The summed E-state index contributed by atoms with van der Waals surface area (Å²) in [6.07, 6.45) is 5.55. The van der Waals surface area contributed by atoms with Gasteiger partial charge < -0.3 is 5.32 Å². The van der Waals surface area contributed by atoms with Crippen LogP contribution in [0.4, 0.5) is 5.69 Å². The van der Waals surface area contributed by atoms with Crippen LogP contribution in [-0.2, 0) is 0 Å². The molecule has 1 fully saturated rings. The minimum atomic E-state index is 0.627. The molecule has 0 bridgehead atoms. The van der Waals surface area contributed by atoms with Gasteiger partial charge >= 0.3 is 0 Å². The molecule has 2 unspecified atom stereocenters. The molecule has 1 saturated carbocycles. The second-order valence-electron chi connectivity index (χ2n) is 5.61. The van der Waals surface area contributed by atoms with Crippen LogP contribution in [0.2, 0.25) is 0 Å². The molecular weight excluding hydrogens is 194 g/mol. The summed E-state index contributed by atoms with van der Waals surface area (Å²) in [5.41, 5.74) is 4.57. The van der Waals surface area contributed by atoms with E-state index in [0.717, 1.165) is 12.0 Å². The van der Waals surface area contributed by atoms with Crippen molar-refractivity contribution < 1.29 is 0 Å². The molecule has 1 aliphatic carbocycles. The number of anilines is 1. The summed E-state index contributed by atoms with van der Waals surface area (Å²) in [6.45, 7) is 4.58. The Hall–Kier alpha value is -0.980. The van der Waals surface area contributed by atoms with Gasteiger partial charge in [-0.3, -0.25) is 0 Å². The van der Waals surface area contributed by atoms with E-state index in [1.165, 1.54) is 36.9 Å². The van der Waals surface area contributed by atoms with Crippen LogP contribution in [0.15, 0.2) is 18.2 Å². The lowest BCUT2D eigenvalue weighted by atomic mass is 9.82. The van der Waals surface area contributed by atoms with Crippen molar-refractivity contribution in [3.8, 4) is 0 Å². The largest absolute Gasteiger partial charge is 0.381 e. The van der Waals surface area contributed by atoms with Crippen LogP contribution in [0.3, 0.4) is 0 Å². The summed E-state index contributed by atoms with van der Waals surface area (Å²) in [4.78, 5) is 0. The molecule has 86 valence electrons. The van der Waals surface area contributed by atoms with E-state index in [4.69, 9.17) is 0 Å². The van der Waals surface area contributed by atoms with Crippen molar-refractivity contribution in [2.75, 3.05) is 5.32 Å². The molecule has 1 aromatic carbocycles. The molecule has 1 nitrogen and oxygen atoms in total. The molecule has 3 rings (SSSR count). The highest BCUT2D eigenvalue weighted by molar-refractivity contribution is 5.65. The van der Waals surface area contributed by atoms with Crippen molar-refractivity contribution >= 4 is 5.69 Å². The van der Waals surface area contributed by atoms with Crippen LogP contribution in [0, 0.1) is 0 Å². The van der Waals surface area contributed by atoms with Crippen molar-refractivity contribution in [3.63, 3.8) is 0 Å². The van der Waals surface area contributed by atoms with Crippen LogP contribution in [0.25, 0.3) is 0 Å². The van der Waals surface area contributed by atoms with Gasteiger partial charge in [0.25, 0.3) is 0 Å². The summed E-state index contributed by atoms with van der Waals surface area (Å²) in [6, 6.07) is 7.59. The smallest absolute Gasteiger partial charge is 0.0413 e. The fourth-order valence-corrected chi connectivity index (χ4v) is 3.41. The minimum Gasteiger partial charge on any atom is -0.381 e. The fraction of sp³-hybridized carbons (Fsp3) is 0.600. The zero-order chi connectivity index (χ0) is 11.1. The Kier molecular flexibility index (Phi) is 2.42. The maximum Gasteiger partial charge on any atom is 0.0413 e. The van der Waals surface area contributed by atoms with E-state index in [-0.39, 0.29) is 0 Å². The lowest BCUT2D eigenvalue weighted by molar-refractivity contribution is 0.422. The Balaban J connectivity index is 2.03. The van der Waals surface area contributed by atoms with Crippen molar-refractivity contribution in [1.29, 1.82) is 0 Å². The molecule has 1 N–H and O–H groups in total. The molecule has 1 heteroatoms. The lowest BCUT2D eigenvalue weighted by Gasteiger charge is -2.25. The molecule has 0 amide bonds. The SMILES string of the molecule is CC(C)c1cccc2c1NC1CCCCC21. The number of fused-ring (bicyclic) bond motifs is 3. The van der Waals surface area contributed by atoms with Crippen LogP contribution >= 0.6 is 0 Å². The third-order valence-electron chi connectivity index (χ3n) is 4.25. The Morgan fingerprint density at radius 1 is 1.19 bits per heavy atom. The van der Waals surface area contributed by atoms with Crippen molar-refractivity contribution in [2.24, 2.45) is 0 Å². The number of rotatable bonds is 1. The molecule has 0 aromatic heterocycles. The number of hydrogen-bond acceptors (Lipinski definition) is 1. The summed E-state index contributed by atoms with van der Waals surface area (Å²) in [7, 11) is 0. The van der Waals surface area contributed by atoms with E-state index in [0.29, 0.717) is 5.92 Å². The molecule has 16 heavy (non-hydrogen) atoms. The fourth-order valence-electron chi connectivity index (χ4n) is 3.41. The number of nitrogens with one attached hydrogen (secondary N) is 1. The minimum absolute atomic E-state index is 0.627. The third-order valence-corrected chi connectivity index (χ3v) is 4.25. The summed E-state index contributed by atoms with van der Waals surface area (Å²) in [5.74, 6) is 1.42. The monoisotopic (exact) mass is 215 g/mol. The number of para-hydroxylation sites is 1. The topological polar surface area (TPSA) is 12.0 Å². The van der Waals surface area contributed by atoms with Gasteiger partial charge in [-0.1, -0.05) is 44.9 Å². The average Bonchev–Trinajstić information content (AvgIpc) is 2.67. The van der Waals surface area contributed by atoms with Crippen LogP contribution in [-0.4, -0.2) is 6.04 Å². The van der Waals surface area contributed by atoms with Gasteiger partial charge in [-0.05, 0) is 29.9 Å². The highest BCUT2D eigenvalue weighted by Crippen LogP contribution is 2.46. The zero-order valence-electron chi connectivity index (χ0n) is 10.3. The molecule has 0 spiro atoms. The molecule has 0 saturated heterocycles. The van der Waals surface area contributed by atoms with E-state index in [9.17, 15) is 0 Å². The summed E-state index contributed by atoms with van der Waals surface area (Å²) < 4.78 is 0. The van der Waals surface area contributed by atoms with Gasteiger partial charge in [0.1, 0.15) is 0 Å². The number of hydrogen-bond donors (Lipinski definition) is 1.